The van der Waals surface area contributed by atoms with Gasteiger partial charge in [-0.25, -0.2) is 0 Å². The zero-order chi connectivity index (χ0) is 14.7. The number of hydrogen-bond donors (Lipinski definition) is 1. The van der Waals surface area contributed by atoms with Gasteiger partial charge in [-0.15, -0.1) is 0 Å². The number of rotatable bonds is 5. The van der Waals surface area contributed by atoms with Crippen molar-refractivity contribution in [1.29, 1.82) is 0 Å². The Morgan fingerprint density at radius 2 is 1.86 bits per heavy atom. The molecule has 2 atom stereocenters. The molecule has 110 valence electrons. The van der Waals surface area contributed by atoms with Gasteiger partial charge in [-0.1, -0.05) is 65.3 Å². The zero-order valence-corrected chi connectivity index (χ0v) is 14.1. The first-order valence-corrected chi connectivity index (χ1v) is 8.63. The third kappa shape index (κ3) is 3.22. The van der Waals surface area contributed by atoms with Crippen LogP contribution in [0.1, 0.15) is 36.1 Å². The van der Waals surface area contributed by atoms with E-state index in [1.165, 1.54) is 34.0 Å². The van der Waals surface area contributed by atoms with E-state index >= 15 is 0 Å². The van der Waals surface area contributed by atoms with Crippen LogP contribution in [-0.2, 0) is 12.8 Å². The first-order chi connectivity index (χ1) is 10.3. The van der Waals surface area contributed by atoms with Gasteiger partial charge in [0, 0.05) is 10.5 Å². The van der Waals surface area contributed by atoms with Crippen molar-refractivity contribution in [3.63, 3.8) is 0 Å². The molecule has 0 saturated heterocycles. The molecule has 1 aliphatic carbocycles. The van der Waals surface area contributed by atoms with Crippen LogP contribution in [0.5, 0.6) is 0 Å². The van der Waals surface area contributed by atoms with E-state index in [1.807, 2.05) is 0 Å². The van der Waals surface area contributed by atoms with Gasteiger partial charge >= 0.3 is 0 Å². The lowest BCUT2D eigenvalue weighted by molar-refractivity contribution is 0.386. The molecule has 0 bridgehead atoms. The minimum atomic E-state index is 0.494. The van der Waals surface area contributed by atoms with E-state index in [1.54, 1.807) is 0 Å². The van der Waals surface area contributed by atoms with E-state index in [2.05, 4.69) is 76.7 Å². The van der Waals surface area contributed by atoms with Crippen molar-refractivity contribution in [2.75, 3.05) is 6.54 Å². The summed E-state index contributed by atoms with van der Waals surface area (Å²) in [5.74, 6) is 0.646. The monoisotopic (exact) mass is 343 g/mol. The summed E-state index contributed by atoms with van der Waals surface area (Å²) in [6.45, 7) is 3.32. The van der Waals surface area contributed by atoms with Gasteiger partial charge in [-0.05, 0) is 54.5 Å². The molecule has 2 unspecified atom stereocenters. The Morgan fingerprint density at radius 1 is 1.10 bits per heavy atom. The fraction of sp³-hybridized carbons (Fsp3) is 0.368. The topological polar surface area (TPSA) is 12.0 Å². The number of nitrogens with one attached hydrogen (secondary N) is 1. The van der Waals surface area contributed by atoms with Gasteiger partial charge in [0.15, 0.2) is 0 Å². The van der Waals surface area contributed by atoms with E-state index < -0.39 is 0 Å². The summed E-state index contributed by atoms with van der Waals surface area (Å²) in [6.07, 6.45) is 3.48. The molecule has 0 spiro atoms. The molecule has 0 aromatic heterocycles. The van der Waals surface area contributed by atoms with Crippen LogP contribution in [0, 0.1) is 5.92 Å². The molecular formula is C19H22BrN. The molecule has 0 saturated carbocycles. The molecular weight excluding hydrogens is 322 g/mol. The second kappa shape index (κ2) is 6.76. The maximum absolute atomic E-state index is 3.76. The van der Waals surface area contributed by atoms with Crippen molar-refractivity contribution in [1.82, 2.24) is 5.32 Å². The fourth-order valence-electron chi connectivity index (χ4n) is 3.39. The molecule has 21 heavy (non-hydrogen) atoms. The Hall–Kier alpha value is -1.12. The van der Waals surface area contributed by atoms with E-state index in [4.69, 9.17) is 0 Å². The van der Waals surface area contributed by atoms with E-state index in [9.17, 15) is 0 Å². The van der Waals surface area contributed by atoms with Crippen LogP contribution in [0.2, 0.25) is 0 Å². The molecule has 1 N–H and O–H groups in total. The normalized spacial score (nSPS) is 20.5. The van der Waals surface area contributed by atoms with Gasteiger partial charge < -0.3 is 5.32 Å². The lowest BCUT2D eigenvalue weighted by Crippen LogP contribution is -2.27. The maximum atomic E-state index is 3.76. The van der Waals surface area contributed by atoms with Crippen LogP contribution >= 0.6 is 15.9 Å². The van der Waals surface area contributed by atoms with Crippen molar-refractivity contribution in [2.45, 2.75) is 32.2 Å². The van der Waals surface area contributed by atoms with E-state index in [0.29, 0.717) is 12.0 Å². The SMILES string of the molecule is CCCNC1c2ccccc2CC1Cc1ccccc1Br. The van der Waals surface area contributed by atoms with Gasteiger partial charge in [-0.2, -0.15) is 0 Å². The van der Waals surface area contributed by atoms with Crippen LogP contribution in [0.15, 0.2) is 53.0 Å². The number of benzene rings is 2. The summed E-state index contributed by atoms with van der Waals surface area (Å²) in [4.78, 5) is 0. The largest absolute Gasteiger partial charge is 0.310 e. The van der Waals surface area contributed by atoms with Gasteiger partial charge in [0.2, 0.25) is 0 Å². The van der Waals surface area contributed by atoms with Crippen molar-refractivity contribution >= 4 is 15.9 Å². The van der Waals surface area contributed by atoms with Gasteiger partial charge in [0.1, 0.15) is 0 Å². The first kappa shape index (κ1) is 14.8. The second-order valence-electron chi connectivity index (χ2n) is 5.89. The lowest BCUT2D eigenvalue weighted by atomic mass is 9.92. The third-order valence-electron chi connectivity index (χ3n) is 4.40. The second-order valence-corrected chi connectivity index (χ2v) is 6.74. The standard InChI is InChI=1S/C19H22BrN/c1-2-11-21-19-16(12-14-7-3-5-9-17(14)19)13-15-8-4-6-10-18(15)20/h3-10,16,19,21H,2,11-13H2,1H3. The minimum Gasteiger partial charge on any atom is -0.310 e. The Morgan fingerprint density at radius 3 is 2.67 bits per heavy atom. The van der Waals surface area contributed by atoms with Crippen LogP contribution < -0.4 is 5.32 Å². The molecule has 2 aromatic rings. The van der Waals surface area contributed by atoms with Gasteiger partial charge in [-0.3, -0.25) is 0 Å². The Bertz CT molecular complexity index is 608. The van der Waals surface area contributed by atoms with Gasteiger partial charge in [0.25, 0.3) is 0 Å². The summed E-state index contributed by atoms with van der Waals surface area (Å²) < 4.78 is 1.23. The predicted molar refractivity (Wildman–Crippen MR) is 92.5 cm³/mol. The number of halogens is 1. The van der Waals surface area contributed by atoms with Crippen LogP contribution in [-0.4, -0.2) is 6.54 Å². The first-order valence-electron chi connectivity index (χ1n) is 7.84. The summed E-state index contributed by atoms with van der Waals surface area (Å²) >= 11 is 3.69. The lowest BCUT2D eigenvalue weighted by Gasteiger charge is -2.22. The Labute approximate surface area is 135 Å². The highest BCUT2D eigenvalue weighted by atomic mass is 79.9. The van der Waals surface area contributed by atoms with Crippen molar-refractivity contribution in [3.8, 4) is 0 Å². The average molecular weight is 344 g/mol. The summed E-state index contributed by atoms with van der Waals surface area (Å²) in [5, 5.41) is 3.76. The number of hydrogen-bond acceptors (Lipinski definition) is 1. The maximum Gasteiger partial charge on any atom is 0.0357 e. The third-order valence-corrected chi connectivity index (χ3v) is 5.17. The molecule has 2 aromatic carbocycles. The molecule has 1 nitrogen and oxygen atoms in total. The molecule has 3 rings (SSSR count). The van der Waals surface area contributed by atoms with E-state index in [0.717, 1.165) is 13.0 Å². The van der Waals surface area contributed by atoms with Crippen LogP contribution in [0.3, 0.4) is 0 Å². The minimum absolute atomic E-state index is 0.494. The van der Waals surface area contributed by atoms with Crippen molar-refractivity contribution < 1.29 is 0 Å². The smallest absolute Gasteiger partial charge is 0.0357 e. The quantitative estimate of drug-likeness (QED) is 0.813. The van der Waals surface area contributed by atoms with E-state index in [-0.39, 0.29) is 0 Å². The highest BCUT2D eigenvalue weighted by Gasteiger charge is 2.31. The summed E-state index contributed by atoms with van der Waals surface area (Å²) in [5.41, 5.74) is 4.43. The highest BCUT2D eigenvalue weighted by Crippen LogP contribution is 2.38. The molecule has 2 heteroatoms. The highest BCUT2D eigenvalue weighted by molar-refractivity contribution is 9.10. The number of fused-ring (bicyclic) bond motifs is 1. The average Bonchev–Trinajstić information content (AvgIpc) is 2.85. The molecule has 0 aliphatic heterocycles. The Balaban J connectivity index is 1.83. The molecule has 0 radical (unpaired) electrons. The molecule has 0 fully saturated rings. The Kier molecular flexibility index (Phi) is 4.77. The zero-order valence-electron chi connectivity index (χ0n) is 12.5. The summed E-state index contributed by atoms with van der Waals surface area (Å²) in [7, 11) is 0. The predicted octanol–water partition coefficient (Wildman–Crippen LogP) is 4.90. The molecule has 1 aliphatic rings. The molecule has 0 amide bonds. The fourth-order valence-corrected chi connectivity index (χ4v) is 3.84. The van der Waals surface area contributed by atoms with Crippen molar-refractivity contribution in [2.24, 2.45) is 5.92 Å². The van der Waals surface area contributed by atoms with Gasteiger partial charge in [0.05, 0.1) is 0 Å². The van der Waals surface area contributed by atoms with Crippen LogP contribution in [0.25, 0.3) is 0 Å². The molecule has 0 heterocycles. The van der Waals surface area contributed by atoms with Crippen molar-refractivity contribution in [3.05, 3.63) is 69.7 Å². The van der Waals surface area contributed by atoms with Crippen LogP contribution in [0.4, 0.5) is 0 Å². The summed E-state index contributed by atoms with van der Waals surface area (Å²) in [6, 6.07) is 18.0.